The first-order valence-electron chi connectivity index (χ1n) is 7.59. The van der Waals surface area contributed by atoms with Crippen LogP contribution in [0.4, 0.5) is 8.78 Å². The molecule has 0 bridgehead atoms. The van der Waals surface area contributed by atoms with E-state index in [4.69, 9.17) is 0 Å². The van der Waals surface area contributed by atoms with E-state index in [0.717, 1.165) is 28.9 Å². The summed E-state index contributed by atoms with van der Waals surface area (Å²) in [6.07, 6.45) is 7.92. The molecule has 0 unspecified atom stereocenters. The van der Waals surface area contributed by atoms with Crippen LogP contribution in [0, 0.1) is 5.92 Å². The molecular formula is C16H22BrF2NO. The number of benzene rings is 1. The molecule has 0 heterocycles. The number of rotatable bonds is 8. The maximum absolute atomic E-state index is 12.4. The van der Waals surface area contributed by atoms with E-state index in [9.17, 15) is 8.78 Å². The minimum atomic E-state index is -2.78. The van der Waals surface area contributed by atoms with Crippen LogP contribution in [0.3, 0.4) is 0 Å². The van der Waals surface area contributed by atoms with Crippen LogP contribution in [0.15, 0.2) is 22.7 Å². The normalized spacial score (nSPS) is 15.8. The van der Waals surface area contributed by atoms with Gasteiger partial charge >= 0.3 is 6.61 Å². The van der Waals surface area contributed by atoms with Crippen LogP contribution in [0.25, 0.3) is 0 Å². The SMILES string of the molecule is FC(F)Oc1ccc(Br)cc1CNCCCC1CCCC1. The maximum atomic E-state index is 12.4. The first-order chi connectivity index (χ1) is 10.1. The van der Waals surface area contributed by atoms with Gasteiger partial charge in [0, 0.05) is 16.6 Å². The second-order valence-electron chi connectivity index (χ2n) is 5.60. The largest absolute Gasteiger partial charge is 0.434 e. The van der Waals surface area contributed by atoms with Gasteiger partial charge in [0.1, 0.15) is 5.75 Å². The van der Waals surface area contributed by atoms with Crippen molar-refractivity contribution >= 4 is 15.9 Å². The van der Waals surface area contributed by atoms with Gasteiger partial charge in [-0.1, -0.05) is 41.6 Å². The molecule has 1 aromatic carbocycles. The van der Waals surface area contributed by atoms with Crippen molar-refractivity contribution in [2.24, 2.45) is 5.92 Å². The van der Waals surface area contributed by atoms with E-state index in [-0.39, 0.29) is 5.75 Å². The number of nitrogens with one attached hydrogen (secondary N) is 1. The maximum Gasteiger partial charge on any atom is 0.387 e. The molecular weight excluding hydrogens is 340 g/mol. The van der Waals surface area contributed by atoms with E-state index in [0.29, 0.717) is 6.54 Å². The molecule has 1 fully saturated rings. The highest BCUT2D eigenvalue weighted by atomic mass is 79.9. The van der Waals surface area contributed by atoms with Gasteiger partial charge in [-0.2, -0.15) is 8.78 Å². The van der Waals surface area contributed by atoms with Crippen molar-refractivity contribution in [1.82, 2.24) is 5.32 Å². The van der Waals surface area contributed by atoms with E-state index in [1.165, 1.54) is 32.1 Å². The number of hydrogen-bond acceptors (Lipinski definition) is 2. The first-order valence-corrected chi connectivity index (χ1v) is 8.38. The zero-order valence-electron chi connectivity index (χ0n) is 12.1. The molecule has 5 heteroatoms. The Kier molecular flexibility index (Phi) is 6.90. The van der Waals surface area contributed by atoms with Crippen molar-refractivity contribution in [3.63, 3.8) is 0 Å². The number of ether oxygens (including phenoxy) is 1. The summed E-state index contributed by atoms with van der Waals surface area (Å²) in [5.41, 5.74) is 0.755. The van der Waals surface area contributed by atoms with Crippen molar-refractivity contribution in [2.75, 3.05) is 6.54 Å². The molecule has 0 aliphatic heterocycles. The summed E-state index contributed by atoms with van der Waals surface area (Å²) in [6, 6.07) is 5.11. The highest BCUT2D eigenvalue weighted by Crippen LogP contribution is 2.28. The van der Waals surface area contributed by atoms with Gasteiger partial charge in [-0.3, -0.25) is 0 Å². The highest BCUT2D eigenvalue weighted by Gasteiger charge is 2.14. The van der Waals surface area contributed by atoms with Gasteiger partial charge in [0.05, 0.1) is 0 Å². The standard InChI is InChI=1S/C16H22BrF2NO/c17-14-7-8-15(21-16(18)19)13(10-14)11-20-9-3-6-12-4-1-2-5-12/h7-8,10,12,16,20H,1-6,9,11H2. The summed E-state index contributed by atoms with van der Waals surface area (Å²) >= 11 is 3.36. The van der Waals surface area contributed by atoms with Gasteiger partial charge in [-0.05, 0) is 43.5 Å². The Hall–Kier alpha value is -0.680. The Labute approximate surface area is 133 Å². The van der Waals surface area contributed by atoms with Crippen molar-refractivity contribution < 1.29 is 13.5 Å². The minimum absolute atomic E-state index is 0.247. The van der Waals surface area contributed by atoms with Crippen LogP contribution in [-0.4, -0.2) is 13.2 Å². The smallest absolute Gasteiger partial charge is 0.387 e. The van der Waals surface area contributed by atoms with Crippen molar-refractivity contribution in [3.8, 4) is 5.75 Å². The topological polar surface area (TPSA) is 21.3 Å². The molecule has 1 aliphatic carbocycles. The summed E-state index contributed by atoms with van der Waals surface area (Å²) in [5, 5.41) is 3.32. The molecule has 1 saturated carbocycles. The van der Waals surface area contributed by atoms with Crippen LogP contribution in [0.2, 0.25) is 0 Å². The van der Waals surface area contributed by atoms with E-state index >= 15 is 0 Å². The molecule has 0 saturated heterocycles. The molecule has 1 aliphatic rings. The third-order valence-electron chi connectivity index (χ3n) is 3.99. The van der Waals surface area contributed by atoms with Gasteiger partial charge in [-0.25, -0.2) is 0 Å². The number of halogens is 3. The third-order valence-corrected chi connectivity index (χ3v) is 4.49. The lowest BCUT2D eigenvalue weighted by atomic mass is 10.0. The summed E-state index contributed by atoms with van der Waals surface area (Å²) in [6.45, 7) is -1.32. The van der Waals surface area contributed by atoms with Crippen LogP contribution >= 0.6 is 15.9 Å². The number of hydrogen-bond donors (Lipinski definition) is 1. The van der Waals surface area contributed by atoms with E-state index in [1.54, 1.807) is 12.1 Å². The van der Waals surface area contributed by atoms with Crippen LogP contribution in [0.1, 0.15) is 44.1 Å². The summed E-state index contributed by atoms with van der Waals surface area (Å²) < 4.78 is 30.1. The Bertz CT molecular complexity index is 436. The van der Waals surface area contributed by atoms with E-state index in [1.807, 2.05) is 6.07 Å². The Morgan fingerprint density at radius 2 is 2.05 bits per heavy atom. The van der Waals surface area contributed by atoms with Crippen molar-refractivity contribution in [2.45, 2.75) is 51.7 Å². The molecule has 118 valence electrons. The molecule has 1 N–H and O–H groups in total. The van der Waals surface area contributed by atoms with Gasteiger partial charge < -0.3 is 10.1 Å². The second kappa shape index (κ2) is 8.69. The molecule has 0 aromatic heterocycles. The fourth-order valence-electron chi connectivity index (χ4n) is 2.93. The highest BCUT2D eigenvalue weighted by molar-refractivity contribution is 9.10. The molecule has 0 atom stereocenters. The zero-order valence-corrected chi connectivity index (χ0v) is 13.7. The third kappa shape index (κ3) is 5.91. The molecule has 0 spiro atoms. The quantitative estimate of drug-likeness (QED) is 0.649. The van der Waals surface area contributed by atoms with Gasteiger partial charge in [0.2, 0.25) is 0 Å². The Balaban J connectivity index is 1.74. The minimum Gasteiger partial charge on any atom is -0.434 e. The van der Waals surface area contributed by atoms with Gasteiger partial charge in [0.25, 0.3) is 0 Å². The summed E-state index contributed by atoms with van der Waals surface area (Å²) in [7, 11) is 0. The van der Waals surface area contributed by atoms with Gasteiger partial charge in [-0.15, -0.1) is 0 Å². The summed E-state index contributed by atoms with van der Waals surface area (Å²) in [4.78, 5) is 0. The predicted octanol–water partition coefficient (Wildman–Crippen LogP) is 5.11. The van der Waals surface area contributed by atoms with Crippen LogP contribution < -0.4 is 10.1 Å². The van der Waals surface area contributed by atoms with Crippen LogP contribution in [0.5, 0.6) is 5.75 Å². The fourth-order valence-corrected chi connectivity index (χ4v) is 3.34. The first kappa shape index (κ1) is 16.7. The Morgan fingerprint density at radius 1 is 1.29 bits per heavy atom. The molecule has 0 radical (unpaired) electrons. The summed E-state index contributed by atoms with van der Waals surface area (Å²) in [5.74, 6) is 1.15. The molecule has 0 amide bonds. The fraction of sp³-hybridized carbons (Fsp3) is 0.625. The van der Waals surface area contributed by atoms with Gasteiger partial charge in [0.15, 0.2) is 0 Å². The van der Waals surface area contributed by atoms with E-state index in [2.05, 4.69) is 26.0 Å². The average Bonchev–Trinajstić information content (AvgIpc) is 2.94. The van der Waals surface area contributed by atoms with Crippen LogP contribution in [-0.2, 0) is 6.54 Å². The zero-order chi connectivity index (χ0) is 15.1. The van der Waals surface area contributed by atoms with Crippen molar-refractivity contribution in [1.29, 1.82) is 0 Å². The second-order valence-corrected chi connectivity index (χ2v) is 6.52. The number of alkyl halides is 2. The Morgan fingerprint density at radius 3 is 2.76 bits per heavy atom. The van der Waals surface area contributed by atoms with E-state index < -0.39 is 6.61 Å². The molecule has 21 heavy (non-hydrogen) atoms. The molecule has 2 nitrogen and oxygen atoms in total. The molecule has 1 aromatic rings. The molecule has 2 rings (SSSR count). The predicted molar refractivity (Wildman–Crippen MR) is 83.7 cm³/mol. The lowest BCUT2D eigenvalue weighted by Crippen LogP contribution is -2.17. The lowest BCUT2D eigenvalue weighted by Gasteiger charge is -2.13. The average molecular weight is 362 g/mol. The van der Waals surface area contributed by atoms with Crippen molar-refractivity contribution in [3.05, 3.63) is 28.2 Å². The lowest BCUT2D eigenvalue weighted by molar-refractivity contribution is -0.0505. The monoisotopic (exact) mass is 361 g/mol.